The number of hydrogen-bond donors (Lipinski definition) is 0. The quantitative estimate of drug-likeness (QED) is 0.609. The summed E-state index contributed by atoms with van der Waals surface area (Å²) >= 11 is 0. The van der Waals surface area contributed by atoms with Crippen molar-refractivity contribution in [2.45, 2.75) is 0 Å². The number of hydrogen-bond acceptors (Lipinski definition) is 7. The second-order valence-corrected chi connectivity index (χ2v) is 3.79. The molecule has 0 unspecified atom stereocenters. The molecule has 2 aromatic rings. The Morgan fingerprint density at radius 1 is 1.37 bits per heavy atom. The predicted octanol–water partition coefficient (Wildman–Crippen LogP) is 1.64. The lowest BCUT2D eigenvalue weighted by molar-refractivity contribution is -0.385. The van der Waals surface area contributed by atoms with Gasteiger partial charge in [-0.05, 0) is 12.1 Å². The van der Waals surface area contributed by atoms with Gasteiger partial charge in [0.15, 0.2) is 0 Å². The maximum atomic E-state index is 11.1. The lowest BCUT2D eigenvalue weighted by atomic mass is 10.4. The van der Waals surface area contributed by atoms with Gasteiger partial charge in [-0.15, -0.1) is 0 Å². The van der Waals surface area contributed by atoms with Crippen molar-refractivity contribution >= 4 is 11.5 Å². The van der Waals surface area contributed by atoms with Crippen molar-refractivity contribution < 1.29 is 9.66 Å². The molecule has 0 radical (unpaired) electrons. The molecule has 0 bridgehead atoms. The van der Waals surface area contributed by atoms with E-state index in [0.29, 0.717) is 5.75 Å². The molecule has 0 amide bonds. The summed E-state index contributed by atoms with van der Waals surface area (Å²) < 4.78 is 5.38. The Kier molecular flexibility index (Phi) is 3.51. The van der Waals surface area contributed by atoms with Crippen molar-refractivity contribution in [2.24, 2.45) is 0 Å². The maximum absolute atomic E-state index is 11.1. The van der Waals surface area contributed by atoms with Gasteiger partial charge >= 0.3 is 11.6 Å². The van der Waals surface area contributed by atoms with Crippen molar-refractivity contribution in [3.63, 3.8) is 0 Å². The summed E-state index contributed by atoms with van der Waals surface area (Å²) in [5.74, 6) is 0.435. The van der Waals surface area contributed by atoms with Crippen LogP contribution in [0.15, 0.2) is 30.9 Å². The zero-order valence-electron chi connectivity index (χ0n) is 10.3. The van der Waals surface area contributed by atoms with Gasteiger partial charge in [-0.2, -0.15) is 4.98 Å². The zero-order valence-corrected chi connectivity index (χ0v) is 10.3. The highest BCUT2D eigenvalue weighted by Crippen LogP contribution is 2.34. The molecule has 0 aliphatic heterocycles. The average Bonchev–Trinajstić information content (AvgIpc) is 2.39. The van der Waals surface area contributed by atoms with Gasteiger partial charge in [0, 0.05) is 20.3 Å². The second kappa shape index (κ2) is 5.25. The van der Waals surface area contributed by atoms with Gasteiger partial charge in [0.1, 0.15) is 12.1 Å². The molecule has 8 heteroatoms. The number of anilines is 1. The fourth-order valence-electron chi connectivity index (χ4n) is 1.43. The Bertz CT molecular complexity index is 588. The Morgan fingerprint density at radius 3 is 2.74 bits per heavy atom. The van der Waals surface area contributed by atoms with Crippen LogP contribution in [0, 0.1) is 10.1 Å². The van der Waals surface area contributed by atoms with Gasteiger partial charge in [0.05, 0.1) is 11.1 Å². The van der Waals surface area contributed by atoms with Crippen LogP contribution in [-0.2, 0) is 0 Å². The molecule has 98 valence electrons. The van der Waals surface area contributed by atoms with Crippen molar-refractivity contribution in [1.29, 1.82) is 0 Å². The van der Waals surface area contributed by atoms with E-state index in [1.165, 1.54) is 17.4 Å². The largest absolute Gasteiger partial charge is 0.432 e. The average molecular weight is 261 g/mol. The molecule has 0 aliphatic rings. The molecule has 0 saturated carbocycles. The number of nitro groups is 1. The molecule has 0 N–H and O–H groups in total. The van der Waals surface area contributed by atoms with Gasteiger partial charge in [0.2, 0.25) is 5.82 Å². The molecule has 0 aromatic carbocycles. The molecular formula is C11H11N5O3. The summed E-state index contributed by atoms with van der Waals surface area (Å²) in [5.41, 5.74) is -0.281. The summed E-state index contributed by atoms with van der Waals surface area (Å²) in [6, 6.07) is 3.30. The first-order valence-corrected chi connectivity index (χ1v) is 5.34. The third kappa shape index (κ3) is 2.73. The van der Waals surface area contributed by atoms with Crippen LogP contribution in [-0.4, -0.2) is 34.0 Å². The summed E-state index contributed by atoms with van der Waals surface area (Å²) in [5, 5.41) is 11.1. The van der Waals surface area contributed by atoms with Crippen LogP contribution in [0.5, 0.6) is 11.6 Å². The number of pyridine rings is 1. The van der Waals surface area contributed by atoms with Gasteiger partial charge < -0.3 is 9.64 Å². The summed E-state index contributed by atoms with van der Waals surface area (Å²) in [4.78, 5) is 23.6. The van der Waals surface area contributed by atoms with Crippen LogP contribution in [0.2, 0.25) is 0 Å². The Hall–Kier alpha value is -2.77. The Labute approximate surface area is 108 Å². The molecule has 0 spiro atoms. The van der Waals surface area contributed by atoms with E-state index in [0.717, 1.165) is 0 Å². The molecule has 2 heterocycles. The molecule has 0 saturated heterocycles. The second-order valence-electron chi connectivity index (χ2n) is 3.79. The molecule has 0 atom stereocenters. The van der Waals surface area contributed by atoms with E-state index in [1.54, 1.807) is 32.4 Å². The molecule has 8 nitrogen and oxygen atoms in total. The van der Waals surface area contributed by atoms with Crippen LogP contribution in [0.3, 0.4) is 0 Å². The molecule has 2 rings (SSSR count). The van der Waals surface area contributed by atoms with Crippen molar-refractivity contribution in [2.75, 3.05) is 19.0 Å². The van der Waals surface area contributed by atoms with Crippen LogP contribution in [0.1, 0.15) is 0 Å². The van der Waals surface area contributed by atoms with Gasteiger partial charge in [-0.3, -0.25) is 15.1 Å². The smallest absolute Gasteiger partial charge is 0.373 e. The third-order valence-electron chi connectivity index (χ3n) is 2.22. The van der Waals surface area contributed by atoms with E-state index in [2.05, 4.69) is 15.0 Å². The number of aromatic nitrogens is 3. The van der Waals surface area contributed by atoms with Crippen LogP contribution < -0.4 is 9.64 Å². The topological polar surface area (TPSA) is 94.3 Å². The van der Waals surface area contributed by atoms with E-state index in [1.807, 2.05) is 0 Å². The minimum absolute atomic E-state index is 0.114. The summed E-state index contributed by atoms with van der Waals surface area (Å²) in [6.45, 7) is 0. The lowest BCUT2D eigenvalue weighted by Crippen LogP contribution is -2.14. The number of nitrogens with zero attached hydrogens (tertiary/aromatic N) is 5. The summed E-state index contributed by atoms with van der Waals surface area (Å²) in [7, 11) is 3.31. The molecule has 0 aliphatic carbocycles. The minimum atomic E-state index is -0.568. The van der Waals surface area contributed by atoms with E-state index >= 15 is 0 Å². The first kappa shape index (κ1) is 12.7. The predicted molar refractivity (Wildman–Crippen MR) is 67.3 cm³/mol. The molecule has 19 heavy (non-hydrogen) atoms. The van der Waals surface area contributed by atoms with Crippen molar-refractivity contribution in [1.82, 2.24) is 15.0 Å². The molecule has 2 aromatic heterocycles. The van der Waals surface area contributed by atoms with Gasteiger partial charge in [-0.1, -0.05) is 0 Å². The molecule has 0 fully saturated rings. The van der Waals surface area contributed by atoms with Gasteiger partial charge in [0.25, 0.3) is 0 Å². The first-order valence-electron chi connectivity index (χ1n) is 5.34. The maximum Gasteiger partial charge on any atom is 0.373 e. The normalized spacial score (nSPS) is 10.0. The highest BCUT2D eigenvalue weighted by molar-refractivity contribution is 5.62. The SMILES string of the molecule is CN(C)c1ncnc(Oc2cccnc2)c1[N+](=O)[O-]. The highest BCUT2D eigenvalue weighted by Gasteiger charge is 2.26. The minimum Gasteiger partial charge on any atom is -0.432 e. The first-order chi connectivity index (χ1) is 9.09. The Morgan fingerprint density at radius 2 is 2.16 bits per heavy atom. The van der Waals surface area contributed by atoms with Crippen LogP contribution in [0.4, 0.5) is 11.5 Å². The van der Waals surface area contributed by atoms with E-state index in [9.17, 15) is 10.1 Å². The van der Waals surface area contributed by atoms with E-state index in [-0.39, 0.29) is 17.4 Å². The fourth-order valence-corrected chi connectivity index (χ4v) is 1.43. The highest BCUT2D eigenvalue weighted by atomic mass is 16.6. The van der Waals surface area contributed by atoms with Crippen LogP contribution >= 0.6 is 0 Å². The van der Waals surface area contributed by atoms with Crippen molar-refractivity contribution in [3.8, 4) is 11.6 Å². The summed E-state index contributed by atoms with van der Waals surface area (Å²) in [6.07, 6.45) is 4.24. The number of ether oxygens (including phenoxy) is 1. The molecular weight excluding hydrogens is 250 g/mol. The van der Waals surface area contributed by atoms with E-state index < -0.39 is 4.92 Å². The zero-order chi connectivity index (χ0) is 13.8. The Balaban J connectivity index is 2.45. The van der Waals surface area contributed by atoms with Crippen LogP contribution in [0.25, 0.3) is 0 Å². The third-order valence-corrected chi connectivity index (χ3v) is 2.22. The monoisotopic (exact) mass is 261 g/mol. The fraction of sp³-hybridized carbons (Fsp3) is 0.182. The van der Waals surface area contributed by atoms with E-state index in [4.69, 9.17) is 4.74 Å². The van der Waals surface area contributed by atoms with Gasteiger partial charge in [-0.25, -0.2) is 4.98 Å². The van der Waals surface area contributed by atoms with Crippen molar-refractivity contribution in [3.05, 3.63) is 41.0 Å². The lowest BCUT2D eigenvalue weighted by Gasteiger charge is -2.12. The number of rotatable bonds is 4. The standard InChI is InChI=1S/C11H11N5O3/c1-15(2)10-9(16(17)18)11(14-7-13-10)19-8-4-3-5-12-6-8/h3-7H,1-2H3.